The van der Waals surface area contributed by atoms with E-state index in [4.69, 9.17) is 37.7 Å². The second-order valence-electron chi connectivity index (χ2n) is 10.1. The van der Waals surface area contributed by atoms with E-state index in [2.05, 4.69) is 10.3 Å². The van der Waals surface area contributed by atoms with E-state index in [1.54, 1.807) is 60.2 Å². The smallest absolute Gasteiger partial charge is 0.280 e. The second-order valence-corrected chi connectivity index (χ2v) is 11.0. The Morgan fingerprint density at radius 2 is 1.86 bits per heavy atom. The summed E-state index contributed by atoms with van der Waals surface area (Å²) in [4.78, 5) is 39.5. The molecule has 10 nitrogen and oxygen atoms in total. The number of hydrogen-bond acceptors (Lipinski definition) is 7. The molecule has 2 aromatic carbocycles. The lowest BCUT2D eigenvalue weighted by Crippen LogP contribution is -2.51. The molecule has 0 fully saturated rings. The van der Waals surface area contributed by atoms with Crippen LogP contribution < -0.4 is 19.7 Å². The Morgan fingerprint density at radius 3 is 2.57 bits per heavy atom. The van der Waals surface area contributed by atoms with Crippen LogP contribution in [0.1, 0.15) is 47.2 Å². The van der Waals surface area contributed by atoms with Crippen molar-refractivity contribution in [2.45, 2.75) is 32.4 Å². The van der Waals surface area contributed by atoms with E-state index in [-0.39, 0.29) is 12.3 Å². The van der Waals surface area contributed by atoms with Crippen LogP contribution in [-0.2, 0) is 10.3 Å². The van der Waals surface area contributed by atoms with E-state index in [9.17, 15) is 14.7 Å². The van der Waals surface area contributed by atoms with Gasteiger partial charge in [0.05, 0.1) is 43.3 Å². The maximum absolute atomic E-state index is 14.5. The molecule has 216 valence electrons. The van der Waals surface area contributed by atoms with E-state index < -0.39 is 23.4 Å². The highest BCUT2D eigenvalue weighted by molar-refractivity contribution is 6.32. The van der Waals surface area contributed by atoms with Gasteiger partial charge in [0.25, 0.3) is 11.8 Å². The molecule has 2 amide bonds. The maximum Gasteiger partial charge on any atom is 0.280 e. The number of benzene rings is 2. The first-order valence-electron chi connectivity index (χ1n) is 13.3. The van der Waals surface area contributed by atoms with Crippen LogP contribution in [0.3, 0.4) is 0 Å². The summed E-state index contributed by atoms with van der Waals surface area (Å²) >= 11 is 12.7. The van der Waals surface area contributed by atoms with Crippen molar-refractivity contribution in [3.05, 3.63) is 81.2 Å². The molecule has 42 heavy (non-hydrogen) atoms. The first-order valence-corrected chi connectivity index (χ1v) is 14.1. The minimum atomic E-state index is -1.69. The Labute approximate surface area is 251 Å². The summed E-state index contributed by atoms with van der Waals surface area (Å²) in [7, 11) is 1.51. The van der Waals surface area contributed by atoms with Gasteiger partial charge < -0.3 is 24.5 Å². The van der Waals surface area contributed by atoms with Crippen LogP contribution >= 0.6 is 23.2 Å². The van der Waals surface area contributed by atoms with Gasteiger partial charge in [-0.15, -0.1) is 0 Å². The number of fused-ring (bicyclic) bond motifs is 4. The van der Waals surface area contributed by atoms with Crippen LogP contribution in [0.25, 0.3) is 11.4 Å². The predicted octanol–water partition coefficient (Wildman–Crippen LogP) is 5.38. The van der Waals surface area contributed by atoms with Crippen molar-refractivity contribution < 1.29 is 24.2 Å². The van der Waals surface area contributed by atoms with Gasteiger partial charge in [0.15, 0.2) is 11.2 Å². The molecule has 4 heterocycles. The third-order valence-corrected chi connectivity index (χ3v) is 8.12. The van der Waals surface area contributed by atoms with Crippen molar-refractivity contribution in [1.82, 2.24) is 14.5 Å². The van der Waals surface area contributed by atoms with Gasteiger partial charge in [-0.2, -0.15) is 0 Å². The fourth-order valence-electron chi connectivity index (χ4n) is 5.82. The number of methoxy groups -OCH3 is 1. The summed E-state index contributed by atoms with van der Waals surface area (Å²) in [5, 5.41) is 14.2. The van der Waals surface area contributed by atoms with Crippen molar-refractivity contribution in [2.75, 3.05) is 30.5 Å². The van der Waals surface area contributed by atoms with Gasteiger partial charge in [-0.3, -0.25) is 14.5 Å². The zero-order valence-electron chi connectivity index (χ0n) is 23.2. The number of anilines is 2. The molecule has 2 aromatic heterocycles. The predicted molar refractivity (Wildman–Crippen MR) is 159 cm³/mol. The zero-order valence-corrected chi connectivity index (χ0v) is 24.7. The largest absolute Gasteiger partial charge is 0.496 e. The monoisotopic (exact) mass is 607 g/mol. The summed E-state index contributed by atoms with van der Waals surface area (Å²) in [6.07, 6.45) is 1.54. The average Bonchev–Trinajstić information content (AvgIpc) is 3.58. The lowest BCUT2D eigenvalue weighted by Gasteiger charge is -2.36. The summed E-state index contributed by atoms with van der Waals surface area (Å²) in [5.41, 5.74) is 1.28. The van der Waals surface area contributed by atoms with E-state index in [1.165, 1.54) is 12.0 Å². The van der Waals surface area contributed by atoms with Crippen LogP contribution in [0.15, 0.2) is 48.7 Å². The number of nitrogens with zero attached hydrogens (tertiary/aromatic N) is 4. The molecule has 6 rings (SSSR count). The first-order chi connectivity index (χ1) is 20.2. The molecular weight excluding hydrogens is 581 g/mol. The number of aryl methyl sites for hydroxylation is 1. The number of aromatic nitrogens is 3. The molecule has 0 radical (unpaired) electrons. The van der Waals surface area contributed by atoms with E-state index in [0.717, 1.165) is 5.56 Å². The highest BCUT2D eigenvalue weighted by Gasteiger charge is 2.64. The third-order valence-electron chi connectivity index (χ3n) is 7.65. The Hall–Kier alpha value is -4.12. The molecule has 1 spiro atoms. The molecule has 0 saturated heterocycles. The van der Waals surface area contributed by atoms with Crippen molar-refractivity contribution in [3.8, 4) is 23.0 Å². The average molecular weight is 608 g/mol. The topological polar surface area (TPSA) is 119 Å². The summed E-state index contributed by atoms with van der Waals surface area (Å²) in [5.74, 6) is 0.0854. The van der Waals surface area contributed by atoms with Gasteiger partial charge in [0.2, 0.25) is 5.88 Å². The number of aliphatic hydroxyl groups excluding tert-OH is 1. The van der Waals surface area contributed by atoms with E-state index in [1.807, 2.05) is 13.8 Å². The normalized spacial score (nSPS) is 17.8. The van der Waals surface area contributed by atoms with Crippen LogP contribution in [-0.4, -0.2) is 51.8 Å². The molecule has 2 aliphatic heterocycles. The number of carbonyl (C=O) groups excluding carboxylic acids is 2. The van der Waals surface area contributed by atoms with Gasteiger partial charge >= 0.3 is 0 Å². The second kappa shape index (κ2) is 10.3. The van der Waals surface area contributed by atoms with Gasteiger partial charge in [0.1, 0.15) is 11.6 Å². The number of carbonyl (C=O) groups is 2. The number of rotatable bonds is 7. The van der Waals surface area contributed by atoms with Crippen molar-refractivity contribution in [2.24, 2.45) is 0 Å². The summed E-state index contributed by atoms with van der Waals surface area (Å²) in [6.45, 7) is 5.57. The van der Waals surface area contributed by atoms with Crippen molar-refractivity contribution in [3.63, 3.8) is 0 Å². The van der Waals surface area contributed by atoms with Gasteiger partial charge in [-0.1, -0.05) is 35.3 Å². The number of imidazole rings is 1. The Morgan fingerprint density at radius 1 is 1.12 bits per heavy atom. The molecule has 2 atom stereocenters. The van der Waals surface area contributed by atoms with Crippen LogP contribution in [0.2, 0.25) is 10.0 Å². The Balaban J connectivity index is 1.72. The molecular formula is C30H27Cl2N5O5. The minimum absolute atomic E-state index is 0.0542. The molecule has 0 bridgehead atoms. The molecule has 0 saturated carbocycles. The fourth-order valence-corrected chi connectivity index (χ4v) is 6.15. The SMILES string of the molecule is CCOc1cc(OC)c(-c2nc3c(n2C(C)CO)C2(C(=O)Nc4cc(Cl)ccc42)N(c2cc(Cl)ccc2C)C3=O)cn1. The Kier molecular flexibility index (Phi) is 6.87. The van der Waals surface area contributed by atoms with Crippen LogP contribution in [0, 0.1) is 6.92 Å². The molecule has 12 heteroatoms. The molecule has 2 N–H and O–H groups in total. The minimum Gasteiger partial charge on any atom is -0.496 e. The van der Waals surface area contributed by atoms with Crippen LogP contribution in [0.5, 0.6) is 11.6 Å². The van der Waals surface area contributed by atoms with Gasteiger partial charge in [-0.05, 0) is 50.6 Å². The molecule has 0 aliphatic carbocycles. The van der Waals surface area contributed by atoms with Crippen molar-refractivity contribution in [1.29, 1.82) is 0 Å². The zero-order chi connectivity index (χ0) is 29.9. The summed E-state index contributed by atoms with van der Waals surface area (Å²) in [6, 6.07) is 11.2. The Bertz CT molecular complexity index is 1770. The molecule has 4 aromatic rings. The number of ether oxygens (including phenoxy) is 2. The molecule has 2 aliphatic rings. The number of hydrogen-bond donors (Lipinski definition) is 2. The van der Waals surface area contributed by atoms with E-state index in [0.29, 0.717) is 62.3 Å². The third kappa shape index (κ3) is 3.89. The van der Waals surface area contributed by atoms with Crippen molar-refractivity contribution >= 4 is 46.4 Å². The highest BCUT2D eigenvalue weighted by Crippen LogP contribution is 2.55. The van der Waals surface area contributed by atoms with Gasteiger partial charge in [-0.25, -0.2) is 9.97 Å². The quantitative estimate of drug-likeness (QED) is 0.289. The number of nitrogens with one attached hydrogen (secondary N) is 1. The number of aliphatic hydroxyl groups is 1. The van der Waals surface area contributed by atoms with Gasteiger partial charge in [0, 0.05) is 33.6 Å². The lowest BCUT2D eigenvalue weighted by atomic mass is 9.86. The number of halogens is 2. The number of pyridine rings is 1. The number of amides is 2. The van der Waals surface area contributed by atoms with Crippen LogP contribution in [0.4, 0.5) is 11.4 Å². The molecule has 2 unspecified atom stereocenters. The fraction of sp³-hybridized carbons (Fsp3) is 0.267. The standard InChI is InChI=1S/C30H27Cl2N5O5/c1-5-42-24-12-23(41-4)19(13-33-24)27-35-25-26(36(27)16(3)14-38)30(20-9-8-17(31)10-21(20)34-29(30)40)37(28(25)39)22-11-18(32)7-6-15(22)2/h6-13,16,38H,5,14H2,1-4H3,(H,34,40). The first kappa shape index (κ1) is 28.0. The summed E-state index contributed by atoms with van der Waals surface area (Å²) < 4.78 is 12.9. The highest BCUT2D eigenvalue weighted by atomic mass is 35.5. The van der Waals surface area contributed by atoms with E-state index >= 15 is 0 Å². The lowest BCUT2D eigenvalue weighted by molar-refractivity contribution is -0.119. The maximum atomic E-state index is 14.5.